The number of aliphatic carboxylic acids is 1. The topological polar surface area (TPSA) is 55.1 Å². The lowest BCUT2D eigenvalue weighted by Crippen LogP contribution is -2.02. The molecule has 102 valence electrons. The highest BCUT2D eigenvalue weighted by molar-refractivity contribution is 5.77. The predicted molar refractivity (Wildman–Crippen MR) is 75.2 cm³/mol. The molecule has 0 bridgehead atoms. The van der Waals surface area contributed by atoms with Crippen molar-refractivity contribution in [1.29, 1.82) is 0 Å². The van der Waals surface area contributed by atoms with Crippen molar-refractivity contribution in [2.24, 2.45) is 13.0 Å². The molecular weight excluding hydrogens is 240 g/mol. The van der Waals surface area contributed by atoms with E-state index in [9.17, 15) is 4.79 Å². The second-order valence-electron chi connectivity index (χ2n) is 5.40. The monoisotopic (exact) mass is 260 g/mol. The Morgan fingerprint density at radius 2 is 2.16 bits per heavy atom. The number of rotatable bonds is 5. The van der Waals surface area contributed by atoms with Crippen LogP contribution in [0.3, 0.4) is 0 Å². The predicted octanol–water partition coefficient (Wildman–Crippen LogP) is 2.79. The summed E-state index contributed by atoms with van der Waals surface area (Å²) in [6.07, 6.45) is 1.67. The SMILES string of the molecule is CC(C)Cc1nc2cc(CCC(=O)O)ccc2n1C. The maximum Gasteiger partial charge on any atom is 0.303 e. The lowest BCUT2D eigenvalue weighted by atomic mass is 10.1. The molecule has 0 amide bonds. The Morgan fingerprint density at radius 3 is 2.79 bits per heavy atom. The van der Waals surface area contributed by atoms with Crippen molar-refractivity contribution in [3.63, 3.8) is 0 Å². The van der Waals surface area contributed by atoms with Gasteiger partial charge in [0.2, 0.25) is 0 Å². The number of hydrogen-bond acceptors (Lipinski definition) is 2. The quantitative estimate of drug-likeness (QED) is 0.899. The van der Waals surface area contributed by atoms with E-state index in [1.807, 2.05) is 25.2 Å². The van der Waals surface area contributed by atoms with Gasteiger partial charge >= 0.3 is 5.97 Å². The molecule has 2 aromatic rings. The maximum atomic E-state index is 10.6. The first-order valence-electron chi connectivity index (χ1n) is 6.63. The van der Waals surface area contributed by atoms with E-state index in [0.29, 0.717) is 12.3 Å². The van der Waals surface area contributed by atoms with Crippen molar-refractivity contribution in [2.75, 3.05) is 0 Å². The Labute approximate surface area is 113 Å². The Kier molecular flexibility index (Phi) is 3.88. The van der Waals surface area contributed by atoms with E-state index in [2.05, 4.69) is 23.4 Å². The van der Waals surface area contributed by atoms with E-state index in [1.165, 1.54) is 0 Å². The van der Waals surface area contributed by atoms with E-state index in [4.69, 9.17) is 5.11 Å². The van der Waals surface area contributed by atoms with Crippen LogP contribution in [0, 0.1) is 5.92 Å². The molecule has 4 heteroatoms. The molecular formula is C15H20N2O2. The summed E-state index contributed by atoms with van der Waals surface area (Å²) in [6, 6.07) is 6.03. The summed E-state index contributed by atoms with van der Waals surface area (Å²) in [5.41, 5.74) is 3.10. The van der Waals surface area contributed by atoms with Gasteiger partial charge in [0.1, 0.15) is 5.82 Å². The van der Waals surface area contributed by atoms with Gasteiger partial charge in [-0.15, -0.1) is 0 Å². The number of aromatic nitrogens is 2. The third kappa shape index (κ3) is 3.13. The summed E-state index contributed by atoms with van der Waals surface area (Å²) >= 11 is 0. The summed E-state index contributed by atoms with van der Waals surface area (Å²) in [5, 5.41) is 8.72. The Morgan fingerprint density at radius 1 is 1.42 bits per heavy atom. The molecule has 1 heterocycles. The van der Waals surface area contributed by atoms with Gasteiger partial charge in [0.25, 0.3) is 0 Å². The van der Waals surface area contributed by atoms with Gasteiger partial charge in [-0.25, -0.2) is 4.98 Å². The minimum absolute atomic E-state index is 0.164. The van der Waals surface area contributed by atoms with Crippen LogP contribution in [0.25, 0.3) is 11.0 Å². The summed E-state index contributed by atoms with van der Waals surface area (Å²) in [6.45, 7) is 4.36. The average molecular weight is 260 g/mol. The number of fused-ring (bicyclic) bond motifs is 1. The molecule has 1 aromatic heterocycles. The molecule has 0 saturated carbocycles. The van der Waals surface area contributed by atoms with Crippen LogP contribution in [-0.2, 0) is 24.7 Å². The molecule has 0 aliphatic heterocycles. The second-order valence-corrected chi connectivity index (χ2v) is 5.40. The van der Waals surface area contributed by atoms with Crippen molar-refractivity contribution in [3.05, 3.63) is 29.6 Å². The van der Waals surface area contributed by atoms with Crippen molar-refractivity contribution in [2.45, 2.75) is 33.1 Å². The highest BCUT2D eigenvalue weighted by Crippen LogP contribution is 2.19. The first-order valence-corrected chi connectivity index (χ1v) is 6.63. The van der Waals surface area contributed by atoms with Gasteiger partial charge in [-0.1, -0.05) is 19.9 Å². The van der Waals surface area contributed by atoms with Crippen molar-refractivity contribution >= 4 is 17.0 Å². The van der Waals surface area contributed by atoms with E-state index < -0.39 is 5.97 Å². The normalized spacial score (nSPS) is 11.4. The second kappa shape index (κ2) is 5.43. The number of aryl methyl sites for hydroxylation is 2. The fraction of sp³-hybridized carbons (Fsp3) is 0.467. The molecule has 4 nitrogen and oxygen atoms in total. The van der Waals surface area contributed by atoms with Crippen molar-refractivity contribution in [1.82, 2.24) is 9.55 Å². The zero-order valence-electron chi connectivity index (χ0n) is 11.7. The molecule has 0 saturated heterocycles. The van der Waals surface area contributed by atoms with E-state index in [-0.39, 0.29) is 6.42 Å². The number of nitrogens with zero attached hydrogens (tertiary/aromatic N) is 2. The van der Waals surface area contributed by atoms with Crippen molar-refractivity contribution < 1.29 is 9.90 Å². The zero-order chi connectivity index (χ0) is 14.0. The molecule has 2 rings (SSSR count). The van der Waals surface area contributed by atoms with Gasteiger partial charge in [-0.2, -0.15) is 0 Å². The highest BCUT2D eigenvalue weighted by atomic mass is 16.4. The molecule has 0 unspecified atom stereocenters. The van der Waals surface area contributed by atoms with Gasteiger partial charge in [0, 0.05) is 19.9 Å². The molecule has 1 aromatic carbocycles. The van der Waals surface area contributed by atoms with Crippen LogP contribution in [0.15, 0.2) is 18.2 Å². The maximum absolute atomic E-state index is 10.6. The van der Waals surface area contributed by atoms with Crippen LogP contribution in [0.4, 0.5) is 0 Å². The summed E-state index contributed by atoms with van der Waals surface area (Å²) in [5.74, 6) is 0.893. The molecule has 0 spiro atoms. The zero-order valence-corrected chi connectivity index (χ0v) is 11.7. The number of carboxylic acid groups (broad SMARTS) is 1. The van der Waals surface area contributed by atoms with E-state index in [1.54, 1.807) is 0 Å². The first kappa shape index (κ1) is 13.6. The van der Waals surface area contributed by atoms with Crippen LogP contribution in [0.2, 0.25) is 0 Å². The molecule has 19 heavy (non-hydrogen) atoms. The fourth-order valence-corrected chi connectivity index (χ4v) is 2.25. The lowest BCUT2D eigenvalue weighted by Gasteiger charge is -2.04. The Hall–Kier alpha value is -1.84. The molecule has 0 aliphatic carbocycles. The number of hydrogen-bond donors (Lipinski definition) is 1. The first-order chi connectivity index (χ1) is 8.97. The van der Waals surface area contributed by atoms with Crippen molar-refractivity contribution in [3.8, 4) is 0 Å². The molecule has 0 atom stereocenters. The van der Waals surface area contributed by atoms with E-state index in [0.717, 1.165) is 28.8 Å². The van der Waals surface area contributed by atoms with Crippen LogP contribution in [-0.4, -0.2) is 20.6 Å². The smallest absolute Gasteiger partial charge is 0.303 e. The average Bonchev–Trinajstić information content (AvgIpc) is 2.63. The van der Waals surface area contributed by atoms with Crippen LogP contribution in [0.5, 0.6) is 0 Å². The molecule has 1 N–H and O–H groups in total. The van der Waals surface area contributed by atoms with Crippen LogP contribution < -0.4 is 0 Å². The lowest BCUT2D eigenvalue weighted by molar-refractivity contribution is -0.136. The third-order valence-electron chi connectivity index (χ3n) is 3.26. The Balaban J connectivity index is 2.30. The fourth-order valence-electron chi connectivity index (χ4n) is 2.25. The van der Waals surface area contributed by atoms with Gasteiger partial charge < -0.3 is 9.67 Å². The number of benzene rings is 1. The highest BCUT2D eigenvalue weighted by Gasteiger charge is 2.10. The van der Waals surface area contributed by atoms with Gasteiger partial charge in [-0.05, 0) is 30.0 Å². The molecule has 0 aliphatic rings. The summed E-state index contributed by atoms with van der Waals surface area (Å²) in [4.78, 5) is 15.3. The van der Waals surface area contributed by atoms with Crippen LogP contribution in [0.1, 0.15) is 31.7 Å². The van der Waals surface area contributed by atoms with Crippen LogP contribution >= 0.6 is 0 Å². The number of imidazole rings is 1. The molecule has 0 fully saturated rings. The van der Waals surface area contributed by atoms with Gasteiger partial charge in [0.15, 0.2) is 0 Å². The third-order valence-corrected chi connectivity index (χ3v) is 3.26. The largest absolute Gasteiger partial charge is 0.481 e. The molecule has 0 radical (unpaired) electrons. The van der Waals surface area contributed by atoms with Gasteiger partial charge in [-0.3, -0.25) is 4.79 Å². The van der Waals surface area contributed by atoms with E-state index >= 15 is 0 Å². The summed E-state index contributed by atoms with van der Waals surface area (Å²) in [7, 11) is 2.03. The van der Waals surface area contributed by atoms with Gasteiger partial charge in [0.05, 0.1) is 11.0 Å². The standard InChI is InChI=1S/C15H20N2O2/c1-10(2)8-14-16-12-9-11(5-7-15(18)19)4-6-13(12)17(14)3/h4,6,9-10H,5,7-8H2,1-3H3,(H,18,19). The Bertz CT molecular complexity index is 599. The summed E-state index contributed by atoms with van der Waals surface area (Å²) < 4.78 is 2.12. The number of carbonyl (C=O) groups is 1. The number of carboxylic acids is 1. The minimum Gasteiger partial charge on any atom is -0.481 e. The minimum atomic E-state index is -0.762.